The molecular weight excluding hydrogens is 404 g/mol. The van der Waals surface area contributed by atoms with Gasteiger partial charge in [-0.3, -0.25) is 14.2 Å². The molecule has 2 atom stereocenters. The lowest BCUT2D eigenvalue weighted by Gasteiger charge is -2.36. The Morgan fingerprint density at radius 3 is 2.83 bits per heavy atom. The first-order valence-electron chi connectivity index (χ1n) is 9.54. The highest BCUT2D eigenvalue weighted by Crippen LogP contribution is 2.50. The van der Waals surface area contributed by atoms with Gasteiger partial charge in [-0.2, -0.15) is 0 Å². The van der Waals surface area contributed by atoms with E-state index in [2.05, 4.69) is 11.4 Å². The van der Waals surface area contributed by atoms with Crippen molar-refractivity contribution in [3.05, 3.63) is 74.2 Å². The summed E-state index contributed by atoms with van der Waals surface area (Å²) in [6.45, 7) is 2.69. The zero-order valence-electron chi connectivity index (χ0n) is 15.9. The summed E-state index contributed by atoms with van der Waals surface area (Å²) in [6.07, 6.45) is 0. The molecule has 0 unspecified atom stereocenters. The summed E-state index contributed by atoms with van der Waals surface area (Å²) in [5.74, 6) is 2.09. The zero-order chi connectivity index (χ0) is 20.0. The Hall–Kier alpha value is -2.51. The van der Waals surface area contributed by atoms with Crippen molar-refractivity contribution in [1.29, 1.82) is 0 Å². The highest BCUT2D eigenvalue weighted by Gasteiger charge is 2.39. The minimum absolute atomic E-state index is 0.0288. The van der Waals surface area contributed by atoms with E-state index < -0.39 is 0 Å². The summed E-state index contributed by atoms with van der Waals surface area (Å²) >= 11 is 2.93. The van der Waals surface area contributed by atoms with Gasteiger partial charge in [0.15, 0.2) is 0 Å². The number of para-hydroxylation sites is 1. The SMILES string of the molecule is Cc1ccc(NC(=O)Cn2c3c(sc2=O)[C@@H]2c4ccccc4OC[C@@H]2CS3)cc1. The van der Waals surface area contributed by atoms with Crippen LogP contribution in [0.3, 0.4) is 0 Å². The highest BCUT2D eigenvalue weighted by molar-refractivity contribution is 7.99. The number of nitrogens with one attached hydrogen (secondary N) is 1. The van der Waals surface area contributed by atoms with Crippen molar-refractivity contribution in [2.24, 2.45) is 5.92 Å². The molecule has 3 aromatic rings. The van der Waals surface area contributed by atoms with E-state index >= 15 is 0 Å². The number of aryl methyl sites for hydroxylation is 1. The van der Waals surface area contributed by atoms with Crippen molar-refractivity contribution in [3.8, 4) is 5.75 Å². The number of anilines is 1. The normalized spacial score (nSPS) is 19.5. The van der Waals surface area contributed by atoms with Crippen molar-refractivity contribution in [2.45, 2.75) is 24.4 Å². The Balaban J connectivity index is 1.44. The van der Waals surface area contributed by atoms with Gasteiger partial charge in [-0.25, -0.2) is 0 Å². The van der Waals surface area contributed by atoms with E-state index in [-0.39, 0.29) is 23.2 Å². The number of carbonyl (C=O) groups excluding carboxylic acids is 1. The summed E-state index contributed by atoms with van der Waals surface area (Å²) < 4.78 is 7.55. The number of ether oxygens (including phenoxy) is 1. The predicted octanol–water partition coefficient (Wildman–Crippen LogP) is 4.10. The van der Waals surface area contributed by atoms with Gasteiger partial charge in [-0.15, -0.1) is 11.8 Å². The van der Waals surface area contributed by atoms with Crippen LogP contribution in [0.25, 0.3) is 0 Å². The first-order chi connectivity index (χ1) is 14.1. The molecule has 5 nitrogen and oxygen atoms in total. The predicted molar refractivity (Wildman–Crippen MR) is 116 cm³/mol. The maximum absolute atomic E-state index is 12.8. The molecule has 7 heteroatoms. The number of rotatable bonds is 3. The summed E-state index contributed by atoms with van der Waals surface area (Å²) in [6, 6.07) is 15.7. The lowest BCUT2D eigenvalue weighted by Crippen LogP contribution is -2.31. The third-order valence-electron chi connectivity index (χ3n) is 5.41. The second-order valence-electron chi connectivity index (χ2n) is 7.44. The van der Waals surface area contributed by atoms with E-state index in [9.17, 15) is 9.59 Å². The van der Waals surface area contributed by atoms with Crippen LogP contribution in [0.1, 0.15) is 21.9 Å². The van der Waals surface area contributed by atoms with Crippen LogP contribution in [0.5, 0.6) is 5.75 Å². The fourth-order valence-electron chi connectivity index (χ4n) is 3.97. The minimum atomic E-state index is -0.188. The molecular formula is C22H20N2O3S2. The monoisotopic (exact) mass is 424 g/mol. The molecule has 1 aromatic heterocycles. The quantitative estimate of drug-likeness (QED) is 0.688. The van der Waals surface area contributed by atoms with Gasteiger partial charge in [0, 0.05) is 33.7 Å². The molecule has 1 amide bonds. The summed E-state index contributed by atoms with van der Waals surface area (Å²) in [7, 11) is 0. The van der Waals surface area contributed by atoms with Crippen LogP contribution in [0.4, 0.5) is 5.69 Å². The van der Waals surface area contributed by atoms with E-state index in [1.54, 1.807) is 16.3 Å². The van der Waals surface area contributed by atoms with Gasteiger partial charge in [-0.05, 0) is 25.1 Å². The van der Waals surface area contributed by atoms with Crippen LogP contribution in [0, 0.1) is 12.8 Å². The molecule has 3 heterocycles. The van der Waals surface area contributed by atoms with Gasteiger partial charge in [0.05, 0.1) is 11.6 Å². The minimum Gasteiger partial charge on any atom is -0.493 e. The number of nitrogens with zero attached hydrogens (tertiary/aromatic N) is 1. The van der Waals surface area contributed by atoms with E-state index in [0.29, 0.717) is 12.5 Å². The van der Waals surface area contributed by atoms with Crippen LogP contribution in [-0.2, 0) is 11.3 Å². The average molecular weight is 425 g/mol. The molecule has 0 saturated heterocycles. The number of carbonyl (C=O) groups is 1. The summed E-state index contributed by atoms with van der Waals surface area (Å²) in [5.41, 5.74) is 3.01. The molecule has 0 radical (unpaired) electrons. The fourth-order valence-corrected chi connectivity index (χ4v) is 6.66. The maximum atomic E-state index is 12.8. The van der Waals surface area contributed by atoms with Crippen LogP contribution in [0.2, 0.25) is 0 Å². The Morgan fingerprint density at radius 1 is 1.21 bits per heavy atom. The number of benzene rings is 2. The lowest BCUT2D eigenvalue weighted by molar-refractivity contribution is -0.116. The Labute approximate surface area is 176 Å². The Morgan fingerprint density at radius 2 is 2.00 bits per heavy atom. The van der Waals surface area contributed by atoms with Gasteiger partial charge >= 0.3 is 4.87 Å². The maximum Gasteiger partial charge on any atom is 0.308 e. The first kappa shape index (κ1) is 18.5. The van der Waals surface area contributed by atoms with E-state index in [4.69, 9.17) is 4.74 Å². The van der Waals surface area contributed by atoms with Crippen molar-refractivity contribution in [2.75, 3.05) is 17.7 Å². The van der Waals surface area contributed by atoms with Crippen LogP contribution in [0.15, 0.2) is 58.4 Å². The summed E-state index contributed by atoms with van der Waals surface area (Å²) in [5, 5.41) is 3.82. The van der Waals surface area contributed by atoms with Crippen LogP contribution >= 0.6 is 23.1 Å². The molecule has 0 spiro atoms. The van der Waals surface area contributed by atoms with E-state index in [1.807, 2.05) is 49.4 Å². The molecule has 2 aliphatic rings. The molecule has 0 saturated carbocycles. The van der Waals surface area contributed by atoms with Crippen molar-refractivity contribution in [1.82, 2.24) is 4.57 Å². The highest BCUT2D eigenvalue weighted by atomic mass is 32.2. The van der Waals surface area contributed by atoms with Gasteiger partial charge in [0.25, 0.3) is 0 Å². The van der Waals surface area contributed by atoms with Gasteiger partial charge in [-0.1, -0.05) is 47.2 Å². The Bertz CT molecular complexity index is 1130. The van der Waals surface area contributed by atoms with Gasteiger partial charge < -0.3 is 10.1 Å². The van der Waals surface area contributed by atoms with Crippen LogP contribution in [-0.4, -0.2) is 22.8 Å². The van der Waals surface area contributed by atoms with Crippen molar-refractivity contribution in [3.63, 3.8) is 0 Å². The Kier molecular flexibility index (Phi) is 4.72. The third-order valence-corrected chi connectivity index (χ3v) is 7.91. The number of amides is 1. The third kappa shape index (κ3) is 3.38. The molecule has 0 bridgehead atoms. The second kappa shape index (κ2) is 7.39. The van der Waals surface area contributed by atoms with Crippen LogP contribution < -0.4 is 14.9 Å². The van der Waals surface area contributed by atoms with E-state index in [0.717, 1.165) is 38.2 Å². The molecule has 0 aliphatic carbocycles. The first-order valence-corrected chi connectivity index (χ1v) is 11.3. The standard InChI is InChI=1S/C22H20N2O3S2/c1-13-6-8-15(9-7-13)23-18(25)10-24-21-20(29-22(24)26)19-14(12-28-21)11-27-17-5-3-2-4-16(17)19/h2-9,14,19H,10-12H2,1H3,(H,23,25)/t14-,19+/m1/s1. The number of hydrogen-bond acceptors (Lipinski definition) is 5. The average Bonchev–Trinajstić information content (AvgIpc) is 3.04. The molecule has 2 aromatic carbocycles. The number of hydrogen-bond donors (Lipinski definition) is 1. The molecule has 0 fully saturated rings. The fraction of sp³-hybridized carbons (Fsp3) is 0.273. The van der Waals surface area contributed by atoms with Crippen molar-refractivity contribution >= 4 is 34.7 Å². The zero-order valence-corrected chi connectivity index (χ0v) is 17.5. The second-order valence-corrected chi connectivity index (χ2v) is 9.44. The van der Waals surface area contributed by atoms with Gasteiger partial charge in [0.1, 0.15) is 12.3 Å². The molecule has 2 aliphatic heterocycles. The number of aromatic nitrogens is 1. The molecule has 148 valence electrons. The number of thiazole rings is 1. The summed E-state index contributed by atoms with van der Waals surface area (Å²) in [4.78, 5) is 26.4. The molecule has 5 rings (SSSR count). The molecule has 29 heavy (non-hydrogen) atoms. The van der Waals surface area contributed by atoms with Crippen molar-refractivity contribution < 1.29 is 9.53 Å². The topological polar surface area (TPSA) is 60.3 Å². The number of thioether (sulfide) groups is 1. The number of fused-ring (bicyclic) bond motifs is 5. The molecule has 1 N–H and O–H groups in total. The largest absolute Gasteiger partial charge is 0.493 e. The van der Waals surface area contributed by atoms with Gasteiger partial charge in [0.2, 0.25) is 5.91 Å². The lowest BCUT2D eigenvalue weighted by atomic mass is 9.84. The smallest absolute Gasteiger partial charge is 0.308 e. The van der Waals surface area contributed by atoms with E-state index in [1.165, 1.54) is 11.3 Å².